The number of nitrogens with one attached hydrogen (secondary N) is 2. The SMILES string of the molecule is Cn1cc(NS(=O)(=O)c2cc(CNC3CC3)n(C)c2)cn1. The average molecular weight is 309 g/mol. The molecule has 7 nitrogen and oxygen atoms in total. The minimum Gasteiger partial charge on any atom is -0.352 e. The predicted molar refractivity (Wildman–Crippen MR) is 79.3 cm³/mol. The fourth-order valence-electron chi connectivity index (χ4n) is 2.12. The summed E-state index contributed by atoms with van der Waals surface area (Å²) in [5.74, 6) is 0. The van der Waals surface area contributed by atoms with E-state index in [9.17, 15) is 8.42 Å². The highest BCUT2D eigenvalue weighted by molar-refractivity contribution is 7.92. The highest BCUT2D eigenvalue weighted by Crippen LogP contribution is 2.21. The van der Waals surface area contributed by atoms with Crippen molar-refractivity contribution in [2.24, 2.45) is 14.1 Å². The molecule has 0 radical (unpaired) electrons. The first kappa shape index (κ1) is 14.2. The summed E-state index contributed by atoms with van der Waals surface area (Å²) in [6, 6.07) is 2.29. The lowest BCUT2D eigenvalue weighted by Crippen LogP contribution is -2.17. The number of nitrogens with zero attached hydrogens (tertiary/aromatic N) is 3. The molecule has 0 unspecified atom stereocenters. The molecule has 21 heavy (non-hydrogen) atoms. The van der Waals surface area contributed by atoms with Gasteiger partial charge >= 0.3 is 0 Å². The molecule has 1 aliphatic rings. The van der Waals surface area contributed by atoms with E-state index in [0.29, 0.717) is 18.3 Å². The van der Waals surface area contributed by atoms with Gasteiger partial charge in [-0.3, -0.25) is 9.40 Å². The maximum Gasteiger partial charge on any atom is 0.263 e. The quantitative estimate of drug-likeness (QED) is 0.827. The standard InChI is InChI=1S/C13H19N5O2S/c1-17-9-13(5-12(17)7-14-10-3-4-10)21(19,20)16-11-6-15-18(2)8-11/h5-6,8-10,14,16H,3-4,7H2,1-2H3. The van der Waals surface area contributed by atoms with Crippen LogP contribution in [0.3, 0.4) is 0 Å². The Hall–Kier alpha value is -1.80. The van der Waals surface area contributed by atoms with Crippen LogP contribution in [0.15, 0.2) is 29.6 Å². The van der Waals surface area contributed by atoms with E-state index in [2.05, 4.69) is 15.1 Å². The van der Waals surface area contributed by atoms with E-state index in [1.54, 1.807) is 30.2 Å². The van der Waals surface area contributed by atoms with Gasteiger partial charge in [-0.15, -0.1) is 0 Å². The van der Waals surface area contributed by atoms with E-state index in [0.717, 1.165) is 5.69 Å². The summed E-state index contributed by atoms with van der Waals surface area (Å²) in [5.41, 5.74) is 1.41. The molecule has 2 aromatic rings. The van der Waals surface area contributed by atoms with Gasteiger partial charge in [0.15, 0.2) is 0 Å². The van der Waals surface area contributed by atoms with E-state index in [1.165, 1.54) is 19.0 Å². The topological polar surface area (TPSA) is 81.0 Å². The number of sulfonamides is 1. The molecular weight excluding hydrogens is 290 g/mol. The molecule has 1 aliphatic carbocycles. The molecule has 0 bridgehead atoms. The third-order valence-corrected chi connectivity index (χ3v) is 4.85. The van der Waals surface area contributed by atoms with Gasteiger partial charge in [-0.05, 0) is 18.9 Å². The van der Waals surface area contributed by atoms with Crippen LogP contribution in [0.1, 0.15) is 18.5 Å². The van der Waals surface area contributed by atoms with Crippen LogP contribution in [0, 0.1) is 0 Å². The zero-order valence-corrected chi connectivity index (χ0v) is 12.9. The van der Waals surface area contributed by atoms with Crippen LogP contribution >= 0.6 is 0 Å². The van der Waals surface area contributed by atoms with E-state index in [1.807, 2.05) is 11.6 Å². The van der Waals surface area contributed by atoms with E-state index in [4.69, 9.17) is 0 Å². The fraction of sp³-hybridized carbons (Fsp3) is 0.462. The Kier molecular flexibility index (Phi) is 3.50. The molecule has 1 fully saturated rings. The summed E-state index contributed by atoms with van der Waals surface area (Å²) in [4.78, 5) is 0.265. The average Bonchev–Trinajstić information content (AvgIpc) is 3.04. The number of rotatable bonds is 6. The number of aromatic nitrogens is 3. The monoisotopic (exact) mass is 309 g/mol. The van der Waals surface area contributed by atoms with Gasteiger partial charge < -0.3 is 9.88 Å². The Balaban J connectivity index is 1.76. The smallest absolute Gasteiger partial charge is 0.263 e. The summed E-state index contributed by atoms with van der Waals surface area (Å²) < 4.78 is 30.6. The number of anilines is 1. The minimum atomic E-state index is -3.58. The van der Waals surface area contributed by atoms with E-state index in [-0.39, 0.29) is 4.90 Å². The maximum absolute atomic E-state index is 12.3. The first-order valence-corrected chi connectivity index (χ1v) is 8.32. The molecule has 2 heterocycles. The normalized spacial score (nSPS) is 15.3. The van der Waals surface area contributed by atoms with E-state index >= 15 is 0 Å². The highest BCUT2D eigenvalue weighted by Gasteiger charge is 2.22. The van der Waals surface area contributed by atoms with Crippen LogP contribution in [0.25, 0.3) is 0 Å². The van der Waals surface area contributed by atoms with Gasteiger partial charge in [0.05, 0.1) is 11.9 Å². The van der Waals surface area contributed by atoms with Crippen molar-refractivity contribution in [3.05, 3.63) is 30.4 Å². The Morgan fingerprint density at radius 3 is 2.71 bits per heavy atom. The van der Waals surface area contributed by atoms with Gasteiger partial charge in [0.25, 0.3) is 10.0 Å². The number of hydrogen-bond acceptors (Lipinski definition) is 4. The van der Waals surface area contributed by atoms with Crippen molar-refractivity contribution in [1.29, 1.82) is 0 Å². The molecule has 0 atom stereocenters. The zero-order valence-electron chi connectivity index (χ0n) is 12.1. The first-order chi connectivity index (χ1) is 9.94. The molecule has 2 N–H and O–H groups in total. The largest absolute Gasteiger partial charge is 0.352 e. The fourth-order valence-corrected chi connectivity index (χ4v) is 3.25. The molecule has 0 spiro atoms. The molecule has 3 rings (SSSR count). The highest BCUT2D eigenvalue weighted by atomic mass is 32.2. The molecule has 0 amide bonds. The summed E-state index contributed by atoms with van der Waals surface area (Å²) in [7, 11) is 0.0157. The van der Waals surface area contributed by atoms with Crippen molar-refractivity contribution in [1.82, 2.24) is 19.7 Å². The number of hydrogen-bond donors (Lipinski definition) is 2. The maximum atomic E-state index is 12.3. The minimum absolute atomic E-state index is 0.265. The van der Waals surface area contributed by atoms with Crippen LogP contribution < -0.4 is 10.0 Å². The second kappa shape index (κ2) is 5.19. The second-order valence-corrected chi connectivity index (χ2v) is 7.12. The molecule has 1 saturated carbocycles. The second-order valence-electron chi connectivity index (χ2n) is 5.44. The van der Waals surface area contributed by atoms with Gasteiger partial charge in [0.1, 0.15) is 4.90 Å². The van der Waals surface area contributed by atoms with Crippen molar-refractivity contribution in [3.63, 3.8) is 0 Å². The van der Waals surface area contributed by atoms with Crippen molar-refractivity contribution >= 4 is 15.7 Å². The summed E-state index contributed by atoms with van der Waals surface area (Å²) >= 11 is 0. The van der Waals surface area contributed by atoms with Crippen molar-refractivity contribution in [3.8, 4) is 0 Å². The molecule has 0 aromatic carbocycles. The third kappa shape index (κ3) is 3.27. The first-order valence-electron chi connectivity index (χ1n) is 6.84. The predicted octanol–water partition coefficient (Wildman–Crippen LogP) is 0.811. The molecule has 8 heteroatoms. The Bertz CT molecular complexity index is 742. The summed E-state index contributed by atoms with van der Waals surface area (Å²) in [6.07, 6.45) is 7.14. The van der Waals surface area contributed by atoms with Crippen LogP contribution in [-0.2, 0) is 30.7 Å². The van der Waals surface area contributed by atoms with E-state index < -0.39 is 10.0 Å². The van der Waals surface area contributed by atoms with Gasteiger partial charge in [-0.1, -0.05) is 0 Å². The molecular formula is C13H19N5O2S. The summed E-state index contributed by atoms with van der Waals surface area (Å²) in [5, 5.41) is 7.33. The molecule has 0 aliphatic heterocycles. The van der Waals surface area contributed by atoms with Gasteiger partial charge in [0, 0.05) is 44.8 Å². The van der Waals surface area contributed by atoms with Crippen molar-refractivity contribution in [2.75, 3.05) is 4.72 Å². The molecule has 2 aromatic heterocycles. The van der Waals surface area contributed by atoms with Crippen LogP contribution in [0.4, 0.5) is 5.69 Å². The Labute approximate surface area is 124 Å². The summed E-state index contributed by atoms with van der Waals surface area (Å²) in [6.45, 7) is 0.684. The van der Waals surface area contributed by atoms with Crippen molar-refractivity contribution in [2.45, 2.75) is 30.3 Å². The zero-order chi connectivity index (χ0) is 15.0. The van der Waals surface area contributed by atoms with Crippen LogP contribution in [-0.4, -0.2) is 28.8 Å². The lowest BCUT2D eigenvalue weighted by atomic mass is 10.4. The van der Waals surface area contributed by atoms with Crippen LogP contribution in [0.2, 0.25) is 0 Å². The van der Waals surface area contributed by atoms with Gasteiger partial charge in [0.2, 0.25) is 0 Å². The lowest BCUT2D eigenvalue weighted by molar-refractivity contribution is 0.601. The van der Waals surface area contributed by atoms with Crippen molar-refractivity contribution < 1.29 is 8.42 Å². The number of aryl methyl sites for hydroxylation is 2. The Morgan fingerprint density at radius 1 is 1.33 bits per heavy atom. The lowest BCUT2D eigenvalue weighted by Gasteiger charge is -2.03. The van der Waals surface area contributed by atoms with Crippen LogP contribution in [0.5, 0.6) is 0 Å². The third-order valence-electron chi connectivity index (χ3n) is 3.50. The Morgan fingerprint density at radius 2 is 2.10 bits per heavy atom. The van der Waals surface area contributed by atoms with Gasteiger partial charge in [-0.25, -0.2) is 8.42 Å². The van der Waals surface area contributed by atoms with Gasteiger partial charge in [-0.2, -0.15) is 5.10 Å². The molecule has 0 saturated heterocycles. The molecule has 114 valence electrons.